The van der Waals surface area contributed by atoms with Crippen LogP contribution in [0.3, 0.4) is 0 Å². The molecule has 0 fully saturated rings. The lowest BCUT2D eigenvalue weighted by Gasteiger charge is -2.31. The summed E-state index contributed by atoms with van der Waals surface area (Å²) in [6, 6.07) is 8.80. The number of thiocarbonyl (C=S) groups is 1. The van der Waals surface area contributed by atoms with Crippen molar-refractivity contribution < 1.29 is 9.53 Å². The quantitative estimate of drug-likeness (QED) is 0.656. The van der Waals surface area contributed by atoms with E-state index in [4.69, 9.17) is 22.2 Å². The van der Waals surface area contributed by atoms with Crippen molar-refractivity contribution in [3.8, 4) is 6.07 Å². The Morgan fingerprint density at radius 3 is 2.91 bits per heavy atom. The topological polar surface area (TPSA) is 74.2 Å². The van der Waals surface area contributed by atoms with Gasteiger partial charge in [0.25, 0.3) is 0 Å². The molecule has 0 amide bonds. The summed E-state index contributed by atoms with van der Waals surface area (Å²) in [4.78, 5) is 12.2. The Morgan fingerprint density at radius 1 is 1.50 bits per heavy atom. The van der Waals surface area contributed by atoms with Crippen LogP contribution in [0, 0.1) is 11.3 Å². The van der Waals surface area contributed by atoms with Crippen molar-refractivity contribution in [2.45, 2.75) is 25.8 Å². The molecule has 0 saturated carbocycles. The summed E-state index contributed by atoms with van der Waals surface area (Å²) in [5.74, 6) is -0.404. The number of benzene rings is 1. The average molecular weight is 315 g/mol. The van der Waals surface area contributed by atoms with Gasteiger partial charge in [-0.05, 0) is 36.3 Å². The summed E-state index contributed by atoms with van der Waals surface area (Å²) in [5, 5.41) is 15.7. The second-order valence-corrected chi connectivity index (χ2v) is 5.31. The minimum atomic E-state index is -0.420. The van der Waals surface area contributed by atoms with Crippen LogP contribution in [-0.2, 0) is 9.53 Å². The molecule has 1 aliphatic rings. The largest absolute Gasteiger partial charge is 0.466 e. The van der Waals surface area contributed by atoms with Crippen LogP contribution in [0.5, 0.6) is 0 Å². The van der Waals surface area contributed by atoms with Gasteiger partial charge in [0, 0.05) is 5.70 Å². The molecule has 0 radical (unpaired) electrons. The van der Waals surface area contributed by atoms with Crippen molar-refractivity contribution in [3.05, 3.63) is 46.7 Å². The first-order valence-corrected chi connectivity index (χ1v) is 7.40. The summed E-state index contributed by atoms with van der Waals surface area (Å²) < 4.78 is 4.92. The number of allylic oxidation sites excluding steroid dienone is 1. The van der Waals surface area contributed by atoms with E-state index < -0.39 is 12.0 Å². The lowest BCUT2D eigenvalue weighted by atomic mass is 9.93. The Balaban J connectivity index is 2.54. The molecular weight excluding hydrogens is 298 g/mol. The number of nitriles is 1. The number of methoxy groups -OCH3 is 1. The van der Waals surface area contributed by atoms with Crippen LogP contribution in [-0.4, -0.2) is 18.2 Å². The van der Waals surface area contributed by atoms with Gasteiger partial charge in [0.15, 0.2) is 5.11 Å². The molecule has 5 nitrogen and oxygen atoms in total. The van der Waals surface area contributed by atoms with E-state index in [0.717, 1.165) is 17.7 Å². The summed E-state index contributed by atoms with van der Waals surface area (Å²) >= 11 is 5.24. The third-order valence-electron chi connectivity index (χ3n) is 3.41. The number of hydrogen-bond acceptors (Lipinski definition) is 4. The lowest BCUT2D eigenvalue weighted by Crippen LogP contribution is -2.45. The van der Waals surface area contributed by atoms with Crippen molar-refractivity contribution >= 4 is 23.3 Å². The van der Waals surface area contributed by atoms with Gasteiger partial charge in [0.2, 0.25) is 0 Å². The maximum atomic E-state index is 12.2. The number of carbonyl (C=O) groups is 1. The van der Waals surface area contributed by atoms with E-state index in [0.29, 0.717) is 22.7 Å². The van der Waals surface area contributed by atoms with Crippen molar-refractivity contribution in [3.63, 3.8) is 0 Å². The highest BCUT2D eigenvalue weighted by atomic mass is 32.1. The molecule has 1 heterocycles. The fraction of sp³-hybridized carbons (Fsp3) is 0.312. The van der Waals surface area contributed by atoms with E-state index in [-0.39, 0.29) is 0 Å². The molecule has 2 N–H and O–H groups in total. The van der Waals surface area contributed by atoms with Gasteiger partial charge in [-0.2, -0.15) is 5.26 Å². The molecule has 6 heteroatoms. The van der Waals surface area contributed by atoms with Crippen LogP contribution in [0.4, 0.5) is 0 Å². The average Bonchev–Trinajstić information content (AvgIpc) is 2.54. The Hall–Kier alpha value is -2.39. The normalized spacial score (nSPS) is 17.3. The minimum Gasteiger partial charge on any atom is -0.466 e. The standard InChI is InChI=1S/C16H17N3O2S/c1-3-5-12-13(15(20)21-2)14(19-16(22)18-12)11-7-4-6-10(8-11)9-17/h4,6-8,14H,3,5H2,1-2H3,(H2,18,19,22). The monoisotopic (exact) mass is 315 g/mol. The molecular formula is C16H17N3O2S. The number of esters is 1. The summed E-state index contributed by atoms with van der Waals surface area (Å²) in [6.07, 6.45) is 1.57. The number of carbonyl (C=O) groups excluding carboxylic acids is 1. The number of ether oxygens (including phenoxy) is 1. The second kappa shape index (κ2) is 7.05. The van der Waals surface area contributed by atoms with E-state index >= 15 is 0 Å². The van der Waals surface area contributed by atoms with Crippen LogP contribution >= 0.6 is 12.2 Å². The molecule has 0 bridgehead atoms. The van der Waals surface area contributed by atoms with Gasteiger partial charge in [0.1, 0.15) is 0 Å². The maximum absolute atomic E-state index is 12.2. The predicted molar refractivity (Wildman–Crippen MR) is 86.7 cm³/mol. The second-order valence-electron chi connectivity index (χ2n) is 4.90. The number of hydrogen-bond donors (Lipinski definition) is 2. The SMILES string of the molecule is CCCC1=C(C(=O)OC)C(c2cccc(C#N)c2)NC(=S)N1. The first-order valence-electron chi connectivity index (χ1n) is 6.99. The first kappa shape index (κ1) is 16.0. The highest BCUT2D eigenvalue weighted by Crippen LogP contribution is 2.29. The van der Waals surface area contributed by atoms with E-state index in [9.17, 15) is 4.79 Å². The summed E-state index contributed by atoms with van der Waals surface area (Å²) in [5.41, 5.74) is 2.61. The van der Waals surface area contributed by atoms with Gasteiger partial charge in [-0.25, -0.2) is 4.79 Å². The predicted octanol–water partition coefficient (Wildman–Crippen LogP) is 2.30. The Kier molecular flexibility index (Phi) is 5.12. The van der Waals surface area contributed by atoms with Gasteiger partial charge in [0.05, 0.1) is 30.4 Å². The Labute approximate surface area is 135 Å². The van der Waals surface area contributed by atoms with Crippen molar-refractivity contribution in [2.75, 3.05) is 7.11 Å². The van der Waals surface area contributed by atoms with Gasteiger partial charge in [-0.3, -0.25) is 0 Å². The zero-order valence-electron chi connectivity index (χ0n) is 12.5. The third kappa shape index (κ3) is 3.26. The zero-order chi connectivity index (χ0) is 16.1. The fourth-order valence-electron chi connectivity index (χ4n) is 2.45. The molecule has 1 aliphatic heterocycles. The van der Waals surface area contributed by atoms with E-state index in [2.05, 4.69) is 16.7 Å². The van der Waals surface area contributed by atoms with Gasteiger partial charge >= 0.3 is 5.97 Å². The number of nitrogens with one attached hydrogen (secondary N) is 2. The van der Waals surface area contributed by atoms with Crippen LogP contribution in [0.2, 0.25) is 0 Å². The van der Waals surface area contributed by atoms with Crippen molar-refractivity contribution in [2.24, 2.45) is 0 Å². The molecule has 2 rings (SSSR count). The highest BCUT2D eigenvalue weighted by Gasteiger charge is 2.31. The molecule has 114 valence electrons. The Bertz CT molecular complexity index is 676. The van der Waals surface area contributed by atoms with Crippen molar-refractivity contribution in [1.29, 1.82) is 5.26 Å². The molecule has 0 aromatic heterocycles. The van der Waals surface area contributed by atoms with Crippen molar-refractivity contribution in [1.82, 2.24) is 10.6 Å². The van der Waals surface area contributed by atoms with Gasteiger partial charge < -0.3 is 15.4 Å². The number of rotatable bonds is 4. The van der Waals surface area contributed by atoms with E-state index in [1.807, 2.05) is 13.0 Å². The smallest absolute Gasteiger partial charge is 0.337 e. The van der Waals surface area contributed by atoms with Gasteiger partial charge in [-0.1, -0.05) is 25.5 Å². The van der Waals surface area contributed by atoms with Crippen LogP contribution < -0.4 is 10.6 Å². The zero-order valence-corrected chi connectivity index (χ0v) is 13.3. The molecule has 0 aliphatic carbocycles. The minimum absolute atomic E-state index is 0.404. The third-order valence-corrected chi connectivity index (χ3v) is 3.63. The first-order chi connectivity index (χ1) is 10.6. The van der Waals surface area contributed by atoms with E-state index in [1.165, 1.54) is 7.11 Å². The van der Waals surface area contributed by atoms with Crippen LogP contribution in [0.15, 0.2) is 35.5 Å². The lowest BCUT2D eigenvalue weighted by molar-refractivity contribution is -0.136. The van der Waals surface area contributed by atoms with Crippen LogP contribution in [0.25, 0.3) is 0 Å². The highest BCUT2D eigenvalue weighted by molar-refractivity contribution is 7.80. The molecule has 0 saturated heterocycles. The molecule has 1 aromatic rings. The maximum Gasteiger partial charge on any atom is 0.337 e. The molecule has 1 unspecified atom stereocenters. The summed E-state index contributed by atoms with van der Waals surface area (Å²) in [6.45, 7) is 2.03. The molecule has 1 aromatic carbocycles. The summed E-state index contributed by atoms with van der Waals surface area (Å²) in [7, 11) is 1.36. The molecule has 1 atom stereocenters. The van der Waals surface area contributed by atoms with Gasteiger partial charge in [-0.15, -0.1) is 0 Å². The Morgan fingerprint density at radius 2 is 2.27 bits per heavy atom. The fourth-order valence-corrected chi connectivity index (χ4v) is 2.69. The molecule has 22 heavy (non-hydrogen) atoms. The van der Waals surface area contributed by atoms with Crippen LogP contribution in [0.1, 0.15) is 36.9 Å². The van der Waals surface area contributed by atoms with E-state index in [1.54, 1.807) is 18.2 Å². The molecule has 0 spiro atoms. The number of nitrogens with zero attached hydrogens (tertiary/aromatic N) is 1.